The van der Waals surface area contributed by atoms with Gasteiger partial charge in [0.05, 0.1) is 17.7 Å². The fraction of sp³-hybridized carbons (Fsp3) is 0.0952. The molecule has 0 spiro atoms. The van der Waals surface area contributed by atoms with Gasteiger partial charge < -0.3 is 14.5 Å². The summed E-state index contributed by atoms with van der Waals surface area (Å²) in [4.78, 5) is 21.1. The van der Waals surface area contributed by atoms with E-state index in [2.05, 4.69) is 15.3 Å². The normalized spacial score (nSPS) is 10.9. The lowest BCUT2D eigenvalue weighted by atomic mass is 10.1. The molecule has 0 unspecified atom stereocenters. The molecule has 0 aliphatic carbocycles. The van der Waals surface area contributed by atoms with Crippen LogP contribution in [0.25, 0.3) is 22.7 Å². The second-order valence-electron chi connectivity index (χ2n) is 6.19. The number of benzene rings is 2. The van der Waals surface area contributed by atoms with Crippen LogP contribution >= 0.6 is 23.2 Å². The van der Waals surface area contributed by atoms with Crippen LogP contribution in [0.15, 0.2) is 59.1 Å². The van der Waals surface area contributed by atoms with Crippen molar-refractivity contribution in [2.75, 3.05) is 7.11 Å². The van der Waals surface area contributed by atoms with Crippen LogP contribution in [-0.2, 0) is 6.54 Å². The minimum absolute atomic E-state index is 0.278. The van der Waals surface area contributed by atoms with Crippen molar-refractivity contribution in [3.8, 4) is 17.2 Å². The highest BCUT2D eigenvalue weighted by molar-refractivity contribution is 6.36. The number of fused-ring (bicyclic) bond motifs is 1. The molecule has 0 aliphatic heterocycles. The molecule has 1 amide bonds. The molecule has 4 rings (SSSR count). The monoisotopic (exact) mass is 427 g/mol. The number of nitrogens with one attached hydrogen (secondary N) is 1. The Bertz CT molecular complexity index is 1160. The fourth-order valence-electron chi connectivity index (χ4n) is 2.87. The molecule has 0 bridgehead atoms. The third-order valence-electron chi connectivity index (χ3n) is 4.28. The van der Waals surface area contributed by atoms with Crippen molar-refractivity contribution in [1.82, 2.24) is 15.3 Å². The van der Waals surface area contributed by atoms with E-state index in [4.69, 9.17) is 32.4 Å². The summed E-state index contributed by atoms with van der Waals surface area (Å²) in [6.07, 6.45) is 1.67. The number of methoxy groups -OCH3 is 1. The average Bonchev–Trinajstić information content (AvgIpc) is 3.16. The molecule has 29 heavy (non-hydrogen) atoms. The molecule has 4 aromatic rings. The summed E-state index contributed by atoms with van der Waals surface area (Å²) in [5, 5.41) is 3.48. The number of carbonyl (C=O) groups excluding carboxylic acids is 1. The van der Waals surface area contributed by atoms with Gasteiger partial charge in [-0.15, -0.1) is 0 Å². The molecule has 2 heterocycles. The summed E-state index contributed by atoms with van der Waals surface area (Å²) in [5.74, 6) is 0.446. The number of rotatable bonds is 5. The third kappa shape index (κ3) is 4.04. The van der Waals surface area contributed by atoms with E-state index in [0.717, 1.165) is 11.1 Å². The predicted octanol–water partition coefficient (Wildman–Crippen LogP) is 5.14. The van der Waals surface area contributed by atoms with E-state index in [-0.39, 0.29) is 22.2 Å². The van der Waals surface area contributed by atoms with Gasteiger partial charge in [0.1, 0.15) is 5.75 Å². The maximum absolute atomic E-state index is 12.5. The van der Waals surface area contributed by atoms with Gasteiger partial charge in [-0.3, -0.25) is 4.79 Å². The minimum atomic E-state index is -0.333. The van der Waals surface area contributed by atoms with Gasteiger partial charge in [-0.05, 0) is 42.0 Å². The van der Waals surface area contributed by atoms with Crippen molar-refractivity contribution >= 4 is 40.3 Å². The van der Waals surface area contributed by atoms with Crippen molar-refractivity contribution in [3.63, 3.8) is 0 Å². The van der Waals surface area contributed by atoms with E-state index in [1.165, 1.54) is 19.2 Å². The van der Waals surface area contributed by atoms with Gasteiger partial charge in [0.15, 0.2) is 11.2 Å². The summed E-state index contributed by atoms with van der Waals surface area (Å²) in [6, 6.07) is 14.2. The van der Waals surface area contributed by atoms with Gasteiger partial charge in [-0.25, -0.2) is 4.98 Å². The molecule has 0 saturated heterocycles. The zero-order chi connectivity index (χ0) is 20.4. The highest BCUT2D eigenvalue weighted by Crippen LogP contribution is 2.32. The first-order valence-electron chi connectivity index (χ1n) is 8.67. The van der Waals surface area contributed by atoms with Crippen molar-refractivity contribution < 1.29 is 13.9 Å². The van der Waals surface area contributed by atoms with Gasteiger partial charge in [-0.1, -0.05) is 35.3 Å². The molecule has 0 atom stereocenters. The van der Waals surface area contributed by atoms with E-state index in [1.807, 2.05) is 30.3 Å². The second-order valence-corrected chi connectivity index (χ2v) is 7.04. The number of oxazole rings is 1. The lowest BCUT2D eigenvalue weighted by Gasteiger charge is -2.11. The topological polar surface area (TPSA) is 77.2 Å². The zero-order valence-corrected chi connectivity index (χ0v) is 16.8. The molecule has 0 aliphatic rings. The predicted molar refractivity (Wildman–Crippen MR) is 111 cm³/mol. The van der Waals surface area contributed by atoms with Crippen LogP contribution in [0.1, 0.15) is 15.9 Å². The molecule has 2 aromatic carbocycles. The van der Waals surface area contributed by atoms with Crippen LogP contribution in [0, 0.1) is 0 Å². The number of aromatic nitrogens is 2. The summed E-state index contributed by atoms with van der Waals surface area (Å²) in [7, 11) is 1.45. The number of halogens is 2. The summed E-state index contributed by atoms with van der Waals surface area (Å²) >= 11 is 12.1. The van der Waals surface area contributed by atoms with Crippen molar-refractivity contribution in [2.24, 2.45) is 0 Å². The summed E-state index contributed by atoms with van der Waals surface area (Å²) in [5.41, 5.74) is 3.20. The molecule has 6 nitrogen and oxygen atoms in total. The Morgan fingerprint density at radius 2 is 1.97 bits per heavy atom. The number of hydrogen-bond acceptors (Lipinski definition) is 5. The number of nitrogens with zero attached hydrogens (tertiary/aromatic N) is 2. The summed E-state index contributed by atoms with van der Waals surface area (Å²) < 4.78 is 10.9. The number of pyridine rings is 1. The Morgan fingerprint density at radius 1 is 1.17 bits per heavy atom. The quantitative estimate of drug-likeness (QED) is 0.477. The van der Waals surface area contributed by atoms with E-state index in [1.54, 1.807) is 12.3 Å². The van der Waals surface area contributed by atoms with Crippen LogP contribution in [0.3, 0.4) is 0 Å². The maximum atomic E-state index is 12.5. The van der Waals surface area contributed by atoms with Crippen molar-refractivity contribution in [3.05, 3.63) is 75.9 Å². The Hall–Kier alpha value is -3.09. The largest absolute Gasteiger partial charge is 0.494 e. The highest BCUT2D eigenvalue weighted by atomic mass is 35.5. The van der Waals surface area contributed by atoms with Gasteiger partial charge in [0.25, 0.3) is 5.91 Å². The van der Waals surface area contributed by atoms with Crippen LogP contribution in [-0.4, -0.2) is 23.0 Å². The van der Waals surface area contributed by atoms with E-state index in [9.17, 15) is 4.79 Å². The number of hydrogen-bond donors (Lipinski definition) is 1. The Morgan fingerprint density at radius 3 is 2.69 bits per heavy atom. The smallest absolute Gasteiger partial charge is 0.255 e. The maximum Gasteiger partial charge on any atom is 0.255 e. The van der Waals surface area contributed by atoms with Gasteiger partial charge in [0, 0.05) is 23.3 Å². The molecule has 0 saturated carbocycles. The Labute approximate surface area is 176 Å². The molecule has 0 fully saturated rings. The van der Waals surface area contributed by atoms with E-state index in [0.29, 0.717) is 28.7 Å². The zero-order valence-electron chi connectivity index (χ0n) is 15.3. The fourth-order valence-corrected chi connectivity index (χ4v) is 3.44. The Kier molecular flexibility index (Phi) is 5.38. The standard InChI is InChI=1S/C21H15Cl2N3O3/c1-28-18-15(9-14(22)10-16(18)23)20(27)25-11-12-4-6-13(7-5-12)21-26-19-17(29-21)3-2-8-24-19/h2-10H,11H2,1H3,(H,25,27). The van der Waals surface area contributed by atoms with Crippen LogP contribution in [0.2, 0.25) is 10.0 Å². The first-order chi connectivity index (χ1) is 14.0. The first-order valence-corrected chi connectivity index (χ1v) is 9.43. The van der Waals surface area contributed by atoms with Crippen molar-refractivity contribution in [2.45, 2.75) is 6.54 Å². The van der Waals surface area contributed by atoms with Crippen molar-refractivity contribution in [1.29, 1.82) is 0 Å². The molecule has 0 radical (unpaired) electrons. The number of carbonyl (C=O) groups is 1. The van der Waals surface area contributed by atoms with Crippen LogP contribution < -0.4 is 10.1 Å². The van der Waals surface area contributed by atoms with E-state index >= 15 is 0 Å². The van der Waals surface area contributed by atoms with Gasteiger partial charge in [0.2, 0.25) is 5.89 Å². The Balaban J connectivity index is 1.47. The highest BCUT2D eigenvalue weighted by Gasteiger charge is 2.16. The third-order valence-corrected chi connectivity index (χ3v) is 4.78. The molecular formula is C21H15Cl2N3O3. The SMILES string of the molecule is COc1c(Cl)cc(Cl)cc1C(=O)NCc1ccc(-c2nc3ncccc3o2)cc1. The molecule has 1 N–H and O–H groups in total. The number of ether oxygens (including phenoxy) is 1. The molecule has 2 aromatic heterocycles. The lowest BCUT2D eigenvalue weighted by Crippen LogP contribution is -2.23. The van der Waals surface area contributed by atoms with E-state index < -0.39 is 0 Å². The average molecular weight is 428 g/mol. The minimum Gasteiger partial charge on any atom is -0.494 e. The van der Waals surface area contributed by atoms with Gasteiger partial charge in [-0.2, -0.15) is 4.98 Å². The lowest BCUT2D eigenvalue weighted by molar-refractivity contribution is 0.0948. The summed E-state index contributed by atoms with van der Waals surface area (Å²) in [6.45, 7) is 0.321. The molecule has 8 heteroatoms. The first kappa shape index (κ1) is 19.2. The molecule has 146 valence electrons. The van der Waals surface area contributed by atoms with Crippen LogP contribution in [0.4, 0.5) is 0 Å². The second kappa shape index (κ2) is 8.11. The van der Waals surface area contributed by atoms with Gasteiger partial charge >= 0.3 is 0 Å². The number of amides is 1. The molecular weight excluding hydrogens is 413 g/mol. The van der Waals surface area contributed by atoms with Crippen LogP contribution in [0.5, 0.6) is 5.75 Å².